The highest BCUT2D eigenvalue weighted by Gasteiger charge is 2.33. The molecular weight excluding hydrogens is 246 g/mol. The van der Waals surface area contributed by atoms with Crippen LogP contribution in [0.15, 0.2) is 30.6 Å². The number of para-hydroxylation sites is 2. The maximum atomic E-state index is 4.52. The van der Waals surface area contributed by atoms with Crippen molar-refractivity contribution in [2.45, 2.75) is 51.2 Å². The van der Waals surface area contributed by atoms with Crippen molar-refractivity contribution >= 4 is 11.0 Å². The van der Waals surface area contributed by atoms with Gasteiger partial charge in [0.1, 0.15) is 0 Å². The van der Waals surface area contributed by atoms with Crippen LogP contribution >= 0.6 is 0 Å². The van der Waals surface area contributed by atoms with E-state index >= 15 is 0 Å². The van der Waals surface area contributed by atoms with Crippen LogP contribution in [0.25, 0.3) is 11.0 Å². The van der Waals surface area contributed by atoms with Crippen LogP contribution in [0.4, 0.5) is 0 Å². The summed E-state index contributed by atoms with van der Waals surface area (Å²) in [4.78, 5) is 7.23. The zero-order valence-electron chi connectivity index (χ0n) is 12.0. The molecule has 0 bridgehead atoms. The first-order chi connectivity index (χ1) is 9.92. The second-order valence-electron chi connectivity index (χ2n) is 6.41. The molecule has 2 atom stereocenters. The third-order valence-electron chi connectivity index (χ3n) is 5.22. The first-order valence-corrected chi connectivity index (χ1v) is 8.06. The summed E-state index contributed by atoms with van der Waals surface area (Å²) in [6.45, 7) is 2.27. The van der Waals surface area contributed by atoms with Crippen molar-refractivity contribution in [2.75, 3.05) is 6.54 Å². The molecule has 1 aromatic carbocycles. The lowest BCUT2D eigenvalue weighted by molar-refractivity contribution is 0.0375. The van der Waals surface area contributed by atoms with Gasteiger partial charge in [0.05, 0.1) is 24.0 Å². The molecule has 3 nitrogen and oxygen atoms in total. The number of piperidine rings is 1. The van der Waals surface area contributed by atoms with Crippen molar-refractivity contribution in [2.24, 2.45) is 5.92 Å². The van der Waals surface area contributed by atoms with Crippen LogP contribution in [0.3, 0.4) is 0 Å². The Balaban J connectivity index is 1.58. The number of nitrogens with zero attached hydrogens (tertiary/aromatic N) is 3. The third-order valence-corrected chi connectivity index (χ3v) is 5.22. The van der Waals surface area contributed by atoms with E-state index in [1.54, 1.807) is 0 Å². The molecular formula is C17H23N3. The Morgan fingerprint density at radius 1 is 1.05 bits per heavy atom. The second kappa shape index (κ2) is 5.21. The van der Waals surface area contributed by atoms with E-state index in [-0.39, 0.29) is 0 Å². The summed E-state index contributed by atoms with van der Waals surface area (Å²) in [5.41, 5.74) is 2.38. The second-order valence-corrected chi connectivity index (χ2v) is 6.41. The van der Waals surface area contributed by atoms with E-state index in [0.29, 0.717) is 0 Å². The number of aromatic nitrogens is 2. The van der Waals surface area contributed by atoms with Gasteiger partial charge in [0.2, 0.25) is 0 Å². The summed E-state index contributed by atoms with van der Waals surface area (Å²) in [6.07, 6.45) is 10.5. The number of imidazole rings is 1. The summed E-state index contributed by atoms with van der Waals surface area (Å²) in [5.74, 6) is 0.951. The van der Waals surface area contributed by atoms with Crippen LogP contribution in [0.2, 0.25) is 0 Å². The van der Waals surface area contributed by atoms with Crippen molar-refractivity contribution in [3.63, 3.8) is 0 Å². The molecule has 4 rings (SSSR count). The topological polar surface area (TPSA) is 21.1 Å². The van der Waals surface area contributed by atoms with Gasteiger partial charge in [-0.3, -0.25) is 4.90 Å². The quantitative estimate of drug-likeness (QED) is 0.830. The lowest BCUT2D eigenvalue weighted by Gasteiger charge is -2.44. The van der Waals surface area contributed by atoms with E-state index in [1.807, 2.05) is 6.33 Å². The van der Waals surface area contributed by atoms with Gasteiger partial charge in [0.25, 0.3) is 0 Å². The van der Waals surface area contributed by atoms with Gasteiger partial charge in [-0.1, -0.05) is 25.0 Å². The van der Waals surface area contributed by atoms with Gasteiger partial charge in [0, 0.05) is 12.6 Å². The average molecular weight is 269 g/mol. The van der Waals surface area contributed by atoms with Crippen LogP contribution < -0.4 is 0 Å². The fourth-order valence-electron chi connectivity index (χ4n) is 4.22. The van der Waals surface area contributed by atoms with Gasteiger partial charge >= 0.3 is 0 Å². The van der Waals surface area contributed by atoms with Crippen molar-refractivity contribution < 1.29 is 0 Å². The molecule has 1 aromatic heterocycles. The average Bonchev–Trinajstić information content (AvgIpc) is 2.91. The van der Waals surface area contributed by atoms with Gasteiger partial charge in [-0.25, -0.2) is 4.98 Å². The van der Waals surface area contributed by atoms with E-state index in [4.69, 9.17) is 0 Å². The molecule has 0 spiro atoms. The predicted octanol–water partition coefficient (Wildman–Crippen LogP) is 3.65. The van der Waals surface area contributed by atoms with Crippen LogP contribution in [0.1, 0.15) is 38.5 Å². The molecule has 20 heavy (non-hydrogen) atoms. The Hall–Kier alpha value is -1.35. The van der Waals surface area contributed by atoms with Crippen molar-refractivity contribution in [1.29, 1.82) is 0 Å². The minimum absolute atomic E-state index is 0.818. The number of fused-ring (bicyclic) bond motifs is 2. The Labute approximate surface area is 120 Å². The largest absolute Gasteiger partial charge is 0.317 e. The molecule has 1 saturated heterocycles. The van der Waals surface area contributed by atoms with Crippen LogP contribution in [-0.4, -0.2) is 27.0 Å². The summed E-state index contributed by atoms with van der Waals surface area (Å²) in [5, 5.41) is 0. The highest BCUT2D eigenvalue weighted by atomic mass is 15.3. The first kappa shape index (κ1) is 12.4. The van der Waals surface area contributed by atoms with E-state index in [2.05, 4.69) is 38.7 Å². The van der Waals surface area contributed by atoms with Gasteiger partial charge in [-0.05, 0) is 43.7 Å². The maximum absolute atomic E-state index is 4.52. The van der Waals surface area contributed by atoms with Gasteiger partial charge in [-0.2, -0.15) is 0 Å². The Morgan fingerprint density at radius 2 is 1.90 bits per heavy atom. The monoisotopic (exact) mass is 269 g/mol. The summed E-state index contributed by atoms with van der Waals surface area (Å²) < 4.78 is 2.33. The number of hydrogen-bond donors (Lipinski definition) is 0. The molecule has 106 valence electrons. The van der Waals surface area contributed by atoms with Gasteiger partial charge in [0.15, 0.2) is 0 Å². The number of rotatable bonds is 2. The molecule has 2 fully saturated rings. The highest BCUT2D eigenvalue weighted by Crippen LogP contribution is 2.35. The van der Waals surface area contributed by atoms with E-state index in [1.165, 1.54) is 50.6 Å². The minimum Gasteiger partial charge on any atom is -0.317 e. The summed E-state index contributed by atoms with van der Waals surface area (Å²) >= 11 is 0. The lowest BCUT2D eigenvalue weighted by atomic mass is 9.78. The Morgan fingerprint density at radius 3 is 2.90 bits per heavy atom. The Bertz CT molecular complexity index is 587. The molecule has 2 heterocycles. The molecule has 1 aliphatic heterocycles. The molecule has 2 aromatic rings. The van der Waals surface area contributed by atoms with Crippen LogP contribution in [0, 0.1) is 5.92 Å². The zero-order chi connectivity index (χ0) is 13.4. The van der Waals surface area contributed by atoms with Crippen molar-refractivity contribution in [3.05, 3.63) is 30.6 Å². The van der Waals surface area contributed by atoms with Crippen molar-refractivity contribution in [3.8, 4) is 0 Å². The molecule has 0 N–H and O–H groups in total. The zero-order valence-corrected chi connectivity index (χ0v) is 12.0. The lowest BCUT2D eigenvalue weighted by Crippen LogP contribution is -2.47. The van der Waals surface area contributed by atoms with Gasteiger partial charge in [-0.15, -0.1) is 0 Å². The normalized spacial score (nSPS) is 27.6. The summed E-state index contributed by atoms with van der Waals surface area (Å²) in [6, 6.07) is 9.28. The third kappa shape index (κ3) is 2.14. The molecule has 3 heteroatoms. The fourth-order valence-corrected chi connectivity index (χ4v) is 4.22. The fraction of sp³-hybridized carbons (Fsp3) is 0.588. The standard InChI is InChI=1S/C17H23N3/c1-3-9-16-14(6-1)7-5-11-19(16)13-20-12-18-15-8-2-4-10-17(15)20/h2,4,8,10,12,14,16H,1,3,5-7,9,11,13H2. The maximum Gasteiger partial charge on any atom is 0.0969 e. The van der Waals surface area contributed by atoms with Gasteiger partial charge < -0.3 is 4.57 Å². The molecule has 0 radical (unpaired) electrons. The molecule has 0 amide bonds. The summed E-state index contributed by atoms with van der Waals surface area (Å²) in [7, 11) is 0. The SMILES string of the molecule is c1ccc2c(c1)ncn2CN1CCCC2CCCCC21. The predicted molar refractivity (Wildman–Crippen MR) is 81.4 cm³/mol. The minimum atomic E-state index is 0.818. The van der Waals surface area contributed by atoms with Crippen LogP contribution in [0.5, 0.6) is 0 Å². The van der Waals surface area contributed by atoms with E-state index in [0.717, 1.165) is 24.1 Å². The van der Waals surface area contributed by atoms with E-state index in [9.17, 15) is 0 Å². The first-order valence-electron chi connectivity index (χ1n) is 8.06. The Kier molecular flexibility index (Phi) is 3.23. The molecule has 1 saturated carbocycles. The van der Waals surface area contributed by atoms with Crippen LogP contribution in [-0.2, 0) is 6.67 Å². The molecule has 2 unspecified atom stereocenters. The van der Waals surface area contributed by atoms with Crippen molar-refractivity contribution in [1.82, 2.24) is 14.5 Å². The smallest absolute Gasteiger partial charge is 0.0969 e. The molecule has 1 aliphatic carbocycles. The molecule has 2 aliphatic rings. The number of likely N-dealkylation sites (tertiary alicyclic amines) is 1. The van der Waals surface area contributed by atoms with E-state index < -0.39 is 0 Å². The number of benzene rings is 1. The highest BCUT2D eigenvalue weighted by molar-refractivity contribution is 5.74. The number of hydrogen-bond acceptors (Lipinski definition) is 2.